The van der Waals surface area contributed by atoms with Crippen LogP contribution < -0.4 is 4.74 Å². The highest BCUT2D eigenvalue weighted by Gasteiger charge is 2.36. The largest absolute Gasteiger partial charge is 0.497 e. The summed E-state index contributed by atoms with van der Waals surface area (Å²) in [5, 5.41) is 11.8. The molecule has 0 N–H and O–H groups in total. The Kier molecular flexibility index (Phi) is 5.57. The molecule has 3 aromatic rings. The summed E-state index contributed by atoms with van der Waals surface area (Å²) in [6.07, 6.45) is 1.62. The van der Waals surface area contributed by atoms with Gasteiger partial charge in [0.05, 0.1) is 13.7 Å². The van der Waals surface area contributed by atoms with Crippen LogP contribution in [0.1, 0.15) is 48.2 Å². The lowest BCUT2D eigenvalue weighted by molar-refractivity contribution is -0.134. The van der Waals surface area contributed by atoms with Gasteiger partial charge in [-0.15, -0.1) is 5.10 Å². The van der Waals surface area contributed by atoms with Crippen LogP contribution in [-0.2, 0) is 17.8 Å². The average Bonchev–Trinajstić information content (AvgIpc) is 3.11. The highest BCUT2D eigenvalue weighted by Crippen LogP contribution is 2.47. The number of nitrogens with zero attached hydrogens (tertiary/aromatic N) is 5. The van der Waals surface area contributed by atoms with E-state index in [4.69, 9.17) is 9.15 Å². The third-order valence-corrected chi connectivity index (χ3v) is 5.73. The molecule has 1 aromatic carbocycles. The standard InChI is InChI=1S/C22H27N5O3/c1-14-10-19(14)21-9-8-18(30-21)13-26(3)22(28)20(27-15(2)23-24-25-27)12-16-6-5-7-17(11-16)29-4/h5-9,11,14,19-20H,10,12-13H2,1-4H3/t14-,19+,20-/m1/s1. The molecule has 0 bridgehead atoms. The van der Waals surface area contributed by atoms with Crippen molar-refractivity contribution in [3.63, 3.8) is 0 Å². The summed E-state index contributed by atoms with van der Waals surface area (Å²) in [5.41, 5.74) is 0.971. The first-order chi connectivity index (χ1) is 14.5. The van der Waals surface area contributed by atoms with Crippen molar-refractivity contribution in [1.82, 2.24) is 25.1 Å². The molecule has 8 nitrogen and oxygen atoms in total. The molecule has 3 atom stereocenters. The summed E-state index contributed by atoms with van der Waals surface area (Å²) in [6, 6.07) is 11.1. The highest BCUT2D eigenvalue weighted by molar-refractivity contribution is 5.80. The third-order valence-electron chi connectivity index (χ3n) is 5.73. The van der Waals surface area contributed by atoms with E-state index < -0.39 is 6.04 Å². The van der Waals surface area contributed by atoms with Gasteiger partial charge in [-0.3, -0.25) is 4.79 Å². The zero-order valence-electron chi connectivity index (χ0n) is 17.8. The van der Waals surface area contributed by atoms with Gasteiger partial charge in [0.1, 0.15) is 29.1 Å². The van der Waals surface area contributed by atoms with Crippen molar-refractivity contribution in [2.24, 2.45) is 5.92 Å². The van der Waals surface area contributed by atoms with Crippen molar-refractivity contribution in [3.8, 4) is 5.75 Å². The second kappa shape index (κ2) is 8.30. The maximum absolute atomic E-state index is 13.4. The first-order valence-electron chi connectivity index (χ1n) is 10.2. The van der Waals surface area contributed by atoms with E-state index in [0.717, 1.165) is 22.8 Å². The van der Waals surface area contributed by atoms with Crippen LogP contribution >= 0.6 is 0 Å². The number of ether oxygens (including phenoxy) is 1. The lowest BCUT2D eigenvalue weighted by atomic mass is 10.0. The summed E-state index contributed by atoms with van der Waals surface area (Å²) < 4.78 is 12.9. The summed E-state index contributed by atoms with van der Waals surface area (Å²) in [7, 11) is 3.41. The van der Waals surface area contributed by atoms with E-state index in [2.05, 4.69) is 22.4 Å². The minimum atomic E-state index is -0.560. The van der Waals surface area contributed by atoms with Crippen molar-refractivity contribution < 1.29 is 13.9 Å². The van der Waals surface area contributed by atoms with Crippen molar-refractivity contribution in [1.29, 1.82) is 0 Å². The first-order valence-corrected chi connectivity index (χ1v) is 10.2. The van der Waals surface area contributed by atoms with E-state index in [0.29, 0.717) is 30.6 Å². The number of carbonyl (C=O) groups is 1. The molecule has 0 spiro atoms. The molecule has 0 saturated heterocycles. The van der Waals surface area contributed by atoms with E-state index >= 15 is 0 Å². The molecule has 1 saturated carbocycles. The fraction of sp³-hybridized carbons (Fsp3) is 0.455. The number of tetrazole rings is 1. The lowest BCUT2D eigenvalue weighted by Crippen LogP contribution is -2.36. The molecule has 30 heavy (non-hydrogen) atoms. The minimum absolute atomic E-state index is 0.0778. The maximum Gasteiger partial charge on any atom is 0.248 e. The van der Waals surface area contributed by atoms with Crippen molar-refractivity contribution in [2.75, 3.05) is 14.2 Å². The quantitative estimate of drug-likeness (QED) is 0.568. The molecule has 2 heterocycles. The van der Waals surface area contributed by atoms with Crippen molar-refractivity contribution in [3.05, 3.63) is 59.3 Å². The Morgan fingerprint density at radius 1 is 1.37 bits per heavy atom. The van der Waals surface area contributed by atoms with Crippen LogP contribution in [0.3, 0.4) is 0 Å². The summed E-state index contributed by atoms with van der Waals surface area (Å²) in [6.45, 7) is 4.41. The average molecular weight is 409 g/mol. The maximum atomic E-state index is 13.4. The molecular formula is C22H27N5O3. The van der Waals surface area contributed by atoms with E-state index in [9.17, 15) is 4.79 Å². The number of furan rings is 1. The van der Waals surface area contributed by atoms with Gasteiger partial charge < -0.3 is 14.1 Å². The molecule has 0 radical (unpaired) electrons. The number of benzene rings is 1. The smallest absolute Gasteiger partial charge is 0.248 e. The molecule has 1 aliphatic rings. The molecule has 0 unspecified atom stereocenters. The Morgan fingerprint density at radius 3 is 2.83 bits per heavy atom. The van der Waals surface area contributed by atoms with E-state index in [-0.39, 0.29) is 5.91 Å². The molecule has 1 aliphatic carbocycles. The molecule has 2 aromatic heterocycles. The number of carbonyl (C=O) groups excluding carboxylic acids is 1. The number of rotatable bonds is 8. The van der Waals surface area contributed by atoms with Gasteiger partial charge in [0.25, 0.3) is 0 Å². The molecule has 158 valence electrons. The normalized spacial score (nSPS) is 18.8. The minimum Gasteiger partial charge on any atom is -0.497 e. The Hall–Kier alpha value is -3.16. The van der Waals surface area contributed by atoms with Gasteiger partial charge in [0.2, 0.25) is 5.91 Å². The van der Waals surface area contributed by atoms with E-state index in [1.54, 1.807) is 30.7 Å². The number of hydrogen-bond donors (Lipinski definition) is 0. The lowest BCUT2D eigenvalue weighted by Gasteiger charge is -2.23. The van der Waals surface area contributed by atoms with Crippen molar-refractivity contribution in [2.45, 2.75) is 45.2 Å². The van der Waals surface area contributed by atoms with E-state index in [1.165, 1.54) is 6.42 Å². The summed E-state index contributed by atoms with van der Waals surface area (Å²) in [4.78, 5) is 15.1. The van der Waals surface area contributed by atoms with Gasteiger partial charge in [0.15, 0.2) is 0 Å². The van der Waals surface area contributed by atoms with Crippen LogP contribution in [0.4, 0.5) is 0 Å². The predicted molar refractivity (Wildman–Crippen MR) is 110 cm³/mol. The van der Waals surface area contributed by atoms with Gasteiger partial charge >= 0.3 is 0 Å². The van der Waals surface area contributed by atoms with Crippen LogP contribution in [0.5, 0.6) is 5.75 Å². The number of aromatic nitrogens is 4. The van der Waals surface area contributed by atoms with Crippen LogP contribution in [0.25, 0.3) is 0 Å². The Morgan fingerprint density at radius 2 is 2.17 bits per heavy atom. The Balaban J connectivity index is 1.52. The Bertz CT molecular complexity index is 1030. The van der Waals surface area contributed by atoms with Crippen molar-refractivity contribution >= 4 is 5.91 Å². The molecule has 1 amide bonds. The highest BCUT2D eigenvalue weighted by atomic mass is 16.5. The second-order valence-corrected chi connectivity index (χ2v) is 8.06. The second-order valence-electron chi connectivity index (χ2n) is 8.06. The van der Waals surface area contributed by atoms with Gasteiger partial charge in [-0.25, -0.2) is 4.68 Å². The number of methoxy groups -OCH3 is 1. The number of likely N-dealkylation sites (N-methyl/N-ethyl adjacent to an activating group) is 1. The van der Waals surface area contributed by atoms with Crippen LogP contribution in [0.15, 0.2) is 40.8 Å². The first kappa shape index (κ1) is 20.1. The van der Waals surface area contributed by atoms with Gasteiger partial charge in [-0.1, -0.05) is 19.1 Å². The molecule has 4 rings (SSSR count). The molecule has 0 aliphatic heterocycles. The summed E-state index contributed by atoms with van der Waals surface area (Å²) in [5.74, 6) is 4.26. The molecule has 1 fully saturated rings. The van der Waals surface area contributed by atoms with Gasteiger partial charge in [-0.05, 0) is 59.5 Å². The molecule has 8 heteroatoms. The number of amides is 1. The van der Waals surface area contributed by atoms with Crippen LogP contribution in [0.2, 0.25) is 0 Å². The zero-order chi connectivity index (χ0) is 21.3. The summed E-state index contributed by atoms with van der Waals surface area (Å²) >= 11 is 0. The third kappa shape index (κ3) is 4.22. The predicted octanol–water partition coefficient (Wildman–Crippen LogP) is 3.15. The van der Waals surface area contributed by atoms with Gasteiger partial charge in [0, 0.05) is 19.4 Å². The van der Waals surface area contributed by atoms with Gasteiger partial charge in [-0.2, -0.15) is 0 Å². The number of aryl methyl sites for hydroxylation is 1. The van der Waals surface area contributed by atoms with Crippen LogP contribution in [-0.4, -0.2) is 45.2 Å². The Labute approximate surface area is 175 Å². The van der Waals surface area contributed by atoms with E-state index in [1.807, 2.05) is 36.4 Å². The zero-order valence-corrected chi connectivity index (χ0v) is 17.8. The fourth-order valence-corrected chi connectivity index (χ4v) is 3.79. The van der Waals surface area contributed by atoms with Crippen LogP contribution in [0, 0.1) is 12.8 Å². The monoisotopic (exact) mass is 409 g/mol. The topological polar surface area (TPSA) is 86.3 Å². The fourth-order valence-electron chi connectivity index (χ4n) is 3.79. The molecular weight excluding hydrogens is 382 g/mol. The number of hydrogen-bond acceptors (Lipinski definition) is 6. The SMILES string of the molecule is COc1cccc(C[C@H](C(=O)N(C)Cc2ccc([C@H]3C[C@H]3C)o2)n2nnnc2C)c1.